The summed E-state index contributed by atoms with van der Waals surface area (Å²) in [6.07, 6.45) is 8.31. The van der Waals surface area contributed by atoms with E-state index in [0.717, 1.165) is 31.6 Å². The zero-order chi connectivity index (χ0) is 14.5. The first-order chi connectivity index (χ1) is 10.4. The van der Waals surface area contributed by atoms with Gasteiger partial charge in [0.2, 0.25) is 0 Å². The molecular weight excluding hydrogens is 258 g/mol. The second kappa shape index (κ2) is 7.37. The van der Waals surface area contributed by atoms with Gasteiger partial charge in [0.25, 0.3) is 0 Å². The molecule has 2 aliphatic rings. The van der Waals surface area contributed by atoms with Crippen LogP contribution in [-0.2, 0) is 13.1 Å². The van der Waals surface area contributed by atoms with E-state index < -0.39 is 0 Å². The quantitative estimate of drug-likeness (QED) is 0.813. The van der Waals surface area contributed by atoms with E-state index in [1.807, 2.05) is 0 Å². The summed E-state index contributed by atoms with van der Waals surface area (Å²) >= 11 is 0. The molecule has 1 aromatic rings. The maximum Gasteiger partial charge on any atom is 0.0547 e. The van der Waals surface area contributed by atoms with Crippen molar-refractivity contribution in [2.45, 2.75) is 64.6 Å². The smallest absolute Gasteiger partial charge is 0.0547 e. The lowest BCUT2D eigenvalue weighted by molar-refractivity contribution is 0.174. The topological polar surface area (TPSA) is 28.2 Å². The molecule has 0 radical (unpaired) electrons. The number of likely N-dealkylation sites (tertiary alicyclic amines) is 1. The number of aromatic nitrogens is 1. The average molecular weight is 287 g/mol. The lowest BCUT2D eigenvalue weighted by atomic mass is 9.85. The van der Waals surface area contributed by atoms with E-state index >= 15 is 0 Å². The summed E-state index contributed by atoms with van der Waals surface area (Å²) in [4.78, 5) is 7.53. The Bertz CT molecular complexity index is 446. The van der Waals surface area contributed by atoms with Crippen molar-refractivity contribution < 1.29 is 0 Å². The highest BCUT2D eigenvalue weighted by atomic mass is 15.2. The molecule has 1 aromatic heterocycles. The molecule has 3 rings (SSSR count). The molecule has 2 unspecified atom stereocenters. The summed E-state index contributed by atoms with van der Waals surface area (Å²) in [6, 6.07) is 7.33. The van der Waals surface area contributed by atoms with E-state index in [2.05, 4.69) is 35.3 Å². The highest BCUT2D eigenvalue weighted by Gasteiger charge is 2.35. The van der Waals surface area contributed by atoms with Gasteiger partial charge < -0.3 is 5.32 Å². The summed E-state index contributed by atoms with van der Waals surface area (Å²) in [6.45, 7) is 6.48. The van der Waals surface area contributed by atoms with E-state index in [9.17, 15) is 0 Å². The van der Waals surface area contributed by atoms with Gasteiger partial charge in [-0.15, -0.1) is 0 Å². The molecule has 1 N–H and O–H groups in total. The fourth-order valence-electron chi connectivity index (χ4n) is 4.02. The molecule has 0 aromatic carbocycles. The standard InChI is InChI=1S/C18H29N3/c1-2-11-19-13-16-7-5-8-17(20-16)14-21-12-10-15-6-3-4-9-18(15)21/h5,7-8,15,18-19H,2-4,6,9-14H2,1H3. The van der Waals surface area contributed by atoms with Crippen molar-refractivity contribution >= 4 is 0 Å². The summed E-state index contributed by atoms with van der Waals surface area (Å²) in [5.74, 6) is 0.966. The molecule has 2 atom stereocenters. The summed E-state index contributed by atoms with van der Waals surface area (Å²) in [5.41, 5.74) is 2.43. The molecule has 116 valence electrons. The number of nitrogens with one attached hydrogen (secondary N) is 1. The van der Waals surface area contributed by atoms with Crippen LogP contribution < -0.4 is 5.32 Å². The molecule has 0 bridgehead atoms. The molecule has 3 heteroatoms. The normalized spacial score (nSPS) is 26.0. The Balaban J connectivity index is 1.58. The van der Waals surface area contributed by atoms with E-state index in [0.29, 0.717) is 0 Å². The number of pyridine rings is 1. The number of fused-ring (bicyclic) bond motifs is 1. The average Bonchev–Trinajstić information content (AvgIpc) is 2.91. The summed E-state index contributed by atoms with van der Waals surface area (Å²) in [7, 11) is 0. The summed E-state index contributed by atoms with van der Waals surface area (Å²) in [5, 5.41) is 3.44. The maximum absolute atomic E-state index is 4.84. The SMILES string of the molecule is CCCNCc1cccc(CN2CCC3CCCCC32)n1. The van der Waals surface area contributed by atoms with Crippen LogP contribution >= 0.6 is 0 Å². The van der Waals surface area contributed by atoms with Crippen LogP contribution in [0.5, 0.6) is 0 Å². The predicted octanol–water partition coefficient (Wildman–Crippen LogP) is 3.35. The largest absolute Gasteiger partial charge is 0.311 e. The number of hydrogen-bond acceptors (Lipinski definition) is 3. The van der Waals surface area contributed by atoms with Gasteiger partial charge in [-0.1, -0.05) is 25.8 Å². The van der Waals surface area contributed by atoms with E-state index in [1.54, 1.807) is 0 Å². The summed E-state index contributed by atoms with van der Waals surface area (Å²) < 4.78 is 0. The lowest BCUT2D eigenvalue weighted by Crippen LogP contribution is -2.34. The van der Waals surface area contributed by atoms with Gasteiger partial charge in [-0.2, -0.15) is 0 Å². The van der Waals surface area contributed by atoms with Gasteiger partial charge >= 0.3 is 0 Å². The van der Waals surface area contributed by atoms with Gasteiger partial charge in [0.05, 0.1) is 11.4 Å². The van der Waals surface area contributed by atoms with E-state index in [4.69, 9.17) is 4.98 Å². The van der Waals surface area contributed by atoms with Gasteiger partial charge in [-0.25, -0.2) is 0 Å². The third kappa shape index (κ3) is 3.83. The van der Waals surface area contributed by atoms with Crippen molar-refractivity contribution in [1.29, 1.82) is 0 Å². The number of rotatable bonds is 6. The van der Waals surface area contributed by atoms with Crippen molar-refractivity contribution in [3.8, 4) is 0 Å². The molecule has 2 heterocycles. The van der Waals surface area contributed by atoms with Crippen molar-refractivity contribution in [3.63, 3.8) is 0 Å². The monoisotopic (exact) mass is 287 g/mol. The first kappa shape index (κ1) is 15.0. The van der Waals surface area contributed by atoms with Crippen LogP contribution in [0.3, 0.4) is 0 Å². The fourth-order valence-corrected chi connectivity index (χ4v) is 4.02. The maximum atomic E-state index is 4.84. The van der Waals surface area contributed by atoms with Crippen LogP contribution in [0.25, 0.3) is 0 Å². The highest BCUT2D eigenvalue weighted by Crippen LogP contribution is 2.36. The Morgan fingerprint density at radius 1 is 1.19 bits per heavy atom. The minimum Gasteiger partial charge on any atom is -0.311 e. The second-order valence-corrected chi connectivity index (χ2v) is 6.67. The van der Waals surface area contributed by atoms with Gasteiger partial charge in [-0.05, 0) is 56.8 Å². The predicted molar refractivity (Wildman–Crippen MR) is 87.0 cm³/mol. The molecule has 0 spiro atoms. The Labute approximate surface area is 129 Å². The van der Waals surface area contributed by atoms with Crippen molar-refractivity contribution in [2.24, 2.45) is 5.92 Å². The van der Waals surface area contributed by atoms with Crippen molar-refractivity contribution in [1.82, 2.24) is 15.2 Å². The van der Waals surface area contributed by atoms with Crippen LogP contribution in [0.4, 0.5) is 0 Å². The molecule has 21 heavy (non-hydrogen) atoms. The highest BCUT2D eigenvalue weighted by molar-refractivity contribution is 5.12. The molecule has 0 amide bonds. The van der Waals surface area contributed by atoms with Crippen LogP contribution in [0.1, 0.15) is 56.8 Å². The zero-order valence-corrected chi connectivity index (χ0v) is 13.4. The second-order valence-electron chi connectivity index (χ2n) is 6.67. The number of hydrogen-bond donors (Lipinski definition) is 1. The van der Waals surface area contributed by atoms with Crippen LogP contribution in [0.2, 0.25) is 0 Å². The molecule has 3 nitrogen and oxygen atoms in total. The van der Waals surface area contributed by atoms with E-state index in [-0.39, 0.29) is 0 Å². The Hall–Kier alpha value is -0.930. The molecule has 1 saturated heterocycles. The lowest BCUT2D eigenvalue weighted by Gasteiger charge is -2.31. The first-order valence-electron chi connectivity index (χ1n) is 8.76. The van der Waals surface area contributed by atoms with Crippen LogP contribution in [-0.4, -0.2) is 29.0 Å². The number of nitrogens with zero attached hydrogens (tertiary/aromatic N) is 2. The third-order valence-corrected chi connectivity index (χ3v) is 5.09. The Morgan fingerprint density at radius 3 is 2.95 bits per heavy atom. The van der Waals surface area contributed by atoms with Crippen molar-refractivity contribution in [3.05, 3.63) is 29.6 Å². The van der Waals surface area contributed by atoms with Crippen LogP contribution in [0.15, 0.2) is 18.2 Å². The van der Waals surface area contributed by atoms with Gasteiger partial charge in [0, 0.05) is 19.1 Å². The molecule has 1 aliphatic heterocycles. The molecule has 1 aliphatic carbocycles. The Morgan fingerprint density at radius 2 is 2.05 bits per heavy atom. The molecule has 2 fully saturated rings. The van der Waals surface area contributed by atoms with Crippen LogP contribution in [0, 0.1) is 5.92 Å². The molecule has 1 saturated carbocycles. The van der Waals surface area contributed by atoms with Gasteiger partial charge in [0.15, 0.2) is 0 Å². The molecular formula is C18H29N3. The van der Waals surface area contributed by atoms with E-state index in [1.165, 1.54) is 56.5 Å². The fraction of sp³-hybridized carbons (Fsp3) is 0.722. The zero-order valence-electron chi connectivity index (χ0n) is 13.4. The minimum absolute atomic E-state index is 0.836. The van der Waals surface area contributed by atoms with Gasteiger partial charge in [0.1, 0.15) is 0 Å². The van der Waals surface area contributed by atoms with Gasteiger partial charge in [-0.3, -0.25) is 9.88 Å². The minimum atomic E-state index is 0.836. The third-order valence-electron chi connectivity index (χ3n) is 5.09. The van der Waals surface area contributed by atoms with Crippen molar-refractivity contribution in [2.75, 3.05) is 13.1 Å². The Kier molecular flexibility index (Phi) is 5.26. The first-order valence-corrected chi connectivity index (χ1v) is 8.76.